The van der Waals surface area contributed by atoms with Gasteiger partial charge in [0.25, 0.3) is 0 Å². The number of hydrogen-bond donors (Lipinski definition) is 4. The van der Waals surface area contributed by atoms with Crippen molar-refractivity contribution >= 4 is 11.8 Å². The lowest BCUT2D eigenvalue weighted by molar-refractivity contribution is -0.311. The van der Waals surface area contributed by atoms with Crippen LogP contribution >= 0.6 is 0 Å². The van der Waals surface area contributed by atoms with E-state index in [0.29, 0.717) is 12.8 Å². The van der Waals surface area contributed by atoms with Gasteiger partial charge in [0.1, 0.15) is 18.3 Å². The monoisotopic (exact) mass is 717 g/mol. The minimum atomic E-state index is -1.81. The molecule has 4 aliphatic heterocycles. The maximum atomic E-state index is 14.0. The predicted octanol–water partition coefficient (Wildman–Crippen LogP) is 1.41. The van der Waals surface area contributed by atoms with Gasteiger partial charge in [-0.25, -0.2) is 0 Å². The lowest BCUT2D eigenvalue weighted by Crippen LogP contribution is -2.60. The number of cyclic esters (lactones) is 1. The summed E-state index contributed by atoms with van der Waals surface area (Å²) in [6.45, 7) is 13.8. The molecule has 4 fully saturated rings. The van der Waals surface area contributed by atoms with E-state index in [1.54, 1.807) is 34.6 Å². The minimum absolute atomic E-state index is 0.0495. The molecule has 14 nitrogen and oxygen atoms in total. The molecule has 0 aromatic heterocycles. The summed E-state index contributed by atoms with van der Waals surface area (Å²) in [6, 6.07) is -0.312. The van der Waals surface area contributed by atoms with Gasteiger partial charge in [-0.15, -0.1) is 0 Å². The number of Topliss-reactive ketones (excluding diaryl/α,β-unsaturated/α-hetero) is 1. The molecule has 0 saturated carbocycles. The molecule has 4 rings (SSSR count). The molecule has 4 N–H and O–H groups in total. The van der Waals surface area contributed by atoms with Crippen LogP contribution in [-0.4, -0.2) is 150 Å². The second-order valence-corrected chi connectivity index (χ2v) is 15.9. The number of methoxy groups -OCH3 is 1. The summed E-state index contributed by atoms with van der Waals surface area (Å²) in [7, 11) is 5.20. The second kappa shape index (κ2) is 16.4. The topological polar surface area (TPSA) is 186 Å². The number of carbonyl (C=O) groups excluding carboxylic acids is 2. The van der Waals surface area contributed by atoms with E-state index in [-0.39, 0.29) is 37.4 Å². The summed E-state index contributed by atoms with van der Waals surface area (Å²) in [6.07, 6.45) is -8.80. The van der Waals surface area contributed by atoms with Gasteiger partial charge >= 0.3 is 5.97 Å². The van der Waals surface area contributed by atoms with Crippen molar-refractivity contribution in [3.63, 3.8) is 0 Å². The molecule has 0 aromatic carbocycles. The highest BCUT2D eigenvalue weighted by Gasteiger charge is 2.61. The molecule has 14 heteroatoms. The van der Waals surface area contributed by atoms with Crippen LogP contribution in [0.5, 0.6) is 0 Å². The van der Waals surface area contributed by atoms with Gasteiger partial charge in [0, 0.05) is 43.7 Å². The Morgan fingerprint density at radius 1 is 0.900 bits per heavy atom. The molecule has 0 aromatic rings. The van der Waals surface area contributed by atoms with Gasteiger partial charge in [0.15, 0.2) is 24.0 Å². The lowest BCUT2D eigenvalue weighted by atomic mass is 9.74. The van der Waals surface area contributed by atoms with Gasteiger partial charge in [0.2, 0.25) is 0 Å². The van der Waals surface area contributed by atoms with Crippen molar-refractivity contribution in [1.82, 2.24) is 4.90 Å². The van der Waals surface area contributed by atoms with E-state index in [0.717, 1.165) is 0 Å². The standard InChI is InChI=1S/C36H63NO13/c1-12-24-18(3)27(38)19(4)31(41)36(16-45-36)15-35(8,43)32(50-34-29(40)23(37(9)10)13-17(2)46-34)20(5)30(21(6)33(42)48-24)49-26-14-25(44-11)28(39)22(7)47-26/h17-30,32,34,38-40,43H,12-16H2,1-11H3/t17?,18-,19+,20-,21+,22?,23?,24+,25?,26?,27-,28?,29?,30-,32+,34?,35+,36+/m0/s1. The zero-order valence-electron chi connectivity index (χ0n) is 31.7. The summed E-state index contributed by atoms with van der Waals surface area (Å²) < 4.78 is 42.8. The molecule has 1 spiro atoms. The molecular formula is C36H63NO13. The normalized spacial score (nSPS) is 49.8. The van der Waals surface area contributed by atoms with E-state index in [1.807, 2.05) is 32.8 Å². The van der Waals surface area contributed by atoms with Crippen LogP contribution in [0, 0.1) is 23.7 Å². The van der Waals surface area contributed by atoms with Crippen molar-refractivity contribution in [2.45, 2.75) is 166 Å². The lowest BCUT2D eigenvalue weighted by Gasteiger charge is -2.48. The number of nitrogens with zero attached hydrogens (tertiary/aromatic N) is 1. The van der Waals surface area contributed by atoms with E-state index in [2.05, 4.69) is 0 Å². The van der Waals surface area contributed by atoms with Gasteiger partial charge in [-0.05, 0) is 54.6 Å². The molecule has 4 heterocycles. The largest absolute Gasteiger partial charge is 0.462 e. The maximum Gasteiger partial charge on any atom is 0.311 e. The van der Waals surface area contributed by atoms with E-state index < -0.39 is 102 Å². The SMILES string of the molecule is CC[C@H]1OC(=O)[C@H](C)[C@@H](OC2CC(OC)C(O)C(C)O2)[C@H](C)[C@@H](OC2OC(C)CC(N(C)C)C2O)[C@](C)(O)C[C@@]2(CO2)C(=O)[C@H](C)[C@@H](O)[C@H]1C. The average molecular weight is 718 g/mol. The molecule has 18 atom stereocenters. The number of epoxide rings is 1. The molecule has 0 amide bonds. The molecule has 4 saturated heterocycles. The predicted molar refractivity (Wildman–Crippen MR) is 180 cm³/mol. The molecular weight excluding hydrogens is 654 g/mol. The number of likely N-dealkylation sites (N-methyl/N-ethyl adjacent to an activating group) is 1. The Kier molecular flexibility index (Phi) is 13.6. The average Bonchev–Trinajstić information content (AvgIpc) is 3.84. The number of rotatable bonds is 7. The number of carbonyl (C=O) groups is 2. The van der Waals surface area contributed by atoms with Crippen LogP contribution in [0.15, 0.2) is 0 Å². The first-order valence-electron chi connectivity index (χ1n) is 18.2. The van der Waals surface area contributed by atoms with Crippen LogP contribution in [0.4, 0.5) is 0 Å². The highest BCUT2D eigenvalue weighted by Crippen LogP contribution is 2.45. The Bertz CT molecular complexity index is 1150. The van der Waals surface area contributed by atoms with Crippen LogP contribution in [0.1, 0.15) is 81.1 Å². The Balaban J connectivity index is 1.81. The first-order valence-corrected chi connectivity index (χ1v) is 18.2. The first kappa shape index (κ1) is 41.5. The van der Waals surface area contributed by atoms with Gasteiger partial charge in [-0.1, -0.05) is 27.7 Å². The number of ketones is 1. The summed E-state index contributed by atoms with van der Waals surface area (Å²) in [5, 5.41) is 46.0. The van der Waals surface area contributed by atoms with Crippen molar-refractivity contribution in [1.29, 1.82) is 0 Å². The Labute approximate surface area is 297 Å². The fraction of sp³-hybridized carbons (Fsp3) is 0.944. The molecule has 0 aliphatic carbocycles. The highest BCUT2D eigenvalue weighted by atomic mass is 16.7. The fourth-order valence-corrected chi connectivity index (χ4v) is 8.31. The van der Waals surface area contributed by atoms with Gasteiger partial charge in [-0.3, -0.25) is 9.59 Å². The molecule has 50 heavy (non-hydrogen) atoms. The van der Waals surface area contributed by atoms with Crippen molar-refractivity contribution in [3.05, 3.63) is 0 Å². The third kappa shape index (κ3) is 8.73. The fourth-order valence-electron chi connectivity index (χ4n) is 8.31. The highest BCUT2D eigenvalue weighted by molar-refractivity contribution is 5.92. The quantitative estimate of drug-likeness (QED) is 0.219. The summed E-state index contributed by atoms with van der Waals surface area (Å²) >= 11 is 0. The number of aliphatic hydroxyl groups excluding tert-OH is 3. The molecule has 4 aliphatic rings. The van der Waals surface area contributed by atoms with Crippen LogP contribution in [0.3, 0.4) is 0 Å². The number of ether oxygens (including phenoxy) is 7. The van der Waals surface area contributed by atoms with Crippen molar-refractivity contribution < 1.29 is 63.2 Å². The zero-order chi connectivity index (χ0) is 37.5. The van der Waals surface area contributed by atoms with E-state index in [9.17, 15) is 30.0 Å². The first-order chi connectivity index (χ1) is 23.3. The van der Waals surface area contributed by atoms with Crippen LogP contribution in [-0.2, 0) is 42.7 Å². The van der Waals surface area contributed by atoms with Gasteiger partial charge < -0.3 is 58.5 Å². The summed E-state index contributed by atoms with van der Waals surface area (Å²) in [5.41, 5.74) is -3.20. The van der Waals surface area contributed by atoms with E-state index in [1.165, 1.54) is 14.0 Å². The maximum absolute atomic E-state index is 14.0. The van der Waals surface area contributed by atoms with Crippen LogP contribution < -0.4 is 0 Å². The minimum Gasteiger partial charge on any atom is -0.462 e. The van der Waals surface area contributed by atoms with E-state index >= 15 is 0 Å². The smallest absolute Gasteiger partial charge is 0.311 e. The van der Waals surface area contributed by atoms with Crippen LogP contribution in [0.2, 0.25) is 0 Å². The Morgan fingerprint density at radius 2 is 1.54 bits per heavy atom. The Hall–Kier alpha value is -1.30. The van der Waals surface area contributed by atoms with Crippen molar-refractivity contribution in [2.24, 2.45) is 23.7 Å². The molecule has 8 unspecified atom stereocenters. The number of hydrogen-bond acceptors (Lipinski definition) is 14. The van der Waals surface area contributed by atoms with Crippen molar-refractivity contribution in [2.75, 3.05) is 27.8 Å². The number of esters is 1. The summed E-state index contributed by atoms with van der Waals surface area (Å²) in [4.78, 5) is 29.9. The van der Waals surface area contributed by atoms with Crippen LogP contribution in [0.25, 0.3) is 0 Å². The summed E-state index contributed by atoms with van der Waals surface area (Å²) in [5.74, 6) is -4.21. The third-order valence-electron chi connectivity index (χ3n) is 11.6. The molecule has 0 radical (unpaired) electrons. The second-order valence-electron chi connectivity index (χ2n) is 15.9. The van der Waals surface area contributed by atoms with E-state index in [4.69, 9.17) is 33.2 Å². The third-order valence-corrected chi connectivity index (χ3v) is 11.6. The molecule has 290 valence electrons. The molecule has 0 bridgehead atoms. The van der Waals surface area contributed by atoms with Gasteiger partial charge in [0.05, 0.1) is 54.7 Å². The zero-order valence-corrected chi connectivity index (χ0v) is 31.7. The van der Waals surface area contributed by atoms with Crippen molar-refractivity contribution in [3.8, 4) is 0 Å². The Morgan fingerprint density at radius 3 is 2.10 bits per heavy atom. The van der Waals surface area contributed by atoms with Gasteiger partial charge in [-0.2, -0.15) is 0 Å². The number of aliphatic hydroxyl groups is 4.